The normalized spacial score (nSPS) is 20.2. The molecule has 1 aliphatic carbocycles. The number of amides is 2. The summed E-state index contributed by atoms with van der Waals surface area (Å²) in [5, 5.41) is 0.682. The first-order valence-electron chi connectivity index (χ1n) is 8.58. The zero-order chi connectivity index (χ0) is 17.2. The molecule has 1 aromatic rings. The molecular weight excluding hydrogens is 361 g/mol. The van der Waals surface area contributed by atoms with Crippen molar-refractivity contribution in [3.8, 4) is 0 Å². The van der Waals surface area contributed by atoms with E-state index in [0.717, 1.165) is 37.7 Å². The van der Waals surface area contributed by atoms with Gasteiger partial charge in [0.05, 0.1) is 12.1 Å². The summed E-state index contributed by atoms with van der Waals surface area (Å²) in [7, 11) is 0. The van der Waals surface area contributed by atoms with Gasteiger partial charge in [-0.2, -0.15) is 0 Å². The van der Waals surface area contributed by atoms with Crippen LogP contribution in [-0.4, -0.2) is 46.8 Å². The fourth-order valence-corrected chi connectivity index (χ4v) is 3.70. The second kappa shape index (κ2) is 8.39. The Kier molecular flexibility index (Phi) is 6.72. The number of benzene rings is 1. The number of hydrogen-bond acceptors (Lipinski definition) is 3. The quantitative estimate of drug-likeness (QED) is 0.869. The zero-order valence-electron chi connectivity index (χ0n) is 14.2. The highest BCUT2D eigenvalue weighted by Crippen LogP contribution is 2.28. The SMILES string of the molecule is Cl.NC1(C(=O)N2CCN(Cc3ccc(Cl)cc3)C(=O)C2)CCCCC1. The Morgan fingerprint density at radius 1 is 1.12 bits per heavy atom. The maximum atomic E-state index is 12.7. The third kappa shape index (κ3) is 4.66. The van der Waals surface area contributed by atoms with E-state index < -0.39 is 5.54 Å². The van der Waals surface area contributed by atoms with Crippen LogP contribution in [0.2, 0.25) is 5.02 Å². The third-order valence-electron chi connectivity index (χ3n) is 5.06. The lowest BCUT2D eigenvalue weighted by molar-refractivity contribution is -0.149. The van der Waals surface area contributed by atoms with Gasteiger partial charge in [0.1, 0.15) is 0 Å². The molecule has 0 aromatic heterocycles. The summed E-state index contributed by atoms with van der Waals surface area (Å²) in [5.41, 5.74) is 6.59. The number of halogens is 2. The second-order valence-corrected chi connectivity index (χ2v) is 7.32. The van der Waals surface area contributed by atoms with Crippen LogP contribution in [0.1, 0.15) is 37.7 Å². The lowest BCUT2D eigenvalue weighted by atomic mass is 9.81. The van der Waals surface area contributed by atoms with Gasteiger partial charge in [-0.05, 0) is 30.5 Å². The monoisotopic (exact) mass is 385 g/mol. The molecule has 2 aliphatic rings. The summed E-state index contributed by atoms with van der Waals surface area (Å²) in [5.74, 6) is -0.0781. The van der Waals surface area contributed by atoms with E-state index in [0.29, 0.717) is 24.7 Å². The summed E-state index contributed by atoms with van der Waals surface area (Å²) in [6.45, 7) is 1.78. The fourth-order valence-electron chi connectivity index (χ4n) is 3.57. The van der Waals surface area contributed by atoms with Crippen LogP contribution in [0, 0.1) is 0 Å². The van der Waals surface area contributed by atoms with Crippen LogP contribution in [0.15, 0.2) is 24.3 Å². The smallest absolute Gasteiger partial charge is 0.243 e. The molecule has 7 heteroatoms. The molecule has 1 saturated carbocycles. The molecule has 25 heavy (non-hydrogen) atoms. The van der Waals surface area contributed by atoms with Gasteiger partial charge in [0.15, 0.2) is 0 Å². The summed E-state index contributed by atoms with van der Waals surface area (Å²) < 4.78 is 0. The van der Waals surface area contributed by atoms with Gasteiger partial charge >= 0.3 is 0 Å². The van der Waals surface area contributed by atoms with Gasteiger partial charge in [-0.3, -0.25) is 9.59 Å². The van der Waals surface area contributed by atoms with Gasteiger partial charge in [-0.1, -0.05) is 43.0 Å². The van der Waals surface area contributed by atoms with Crippen LogP contribution in [0.4, 0.5) is 0 Å². The molecule has 0 radical (unpaired) electrons. The number of piperazine rings is 1. The highest BCUT2D eigenvalue weighted by molar-refractivity contribution is 6.30. The van der Waals surface area contributed by atoms with Crippen LogP contribution >= 0.6 is 24.0 Å². The summed E-state index contributed by atoms with van der Waals surface area (Å²) >= 11 is 5.89. The van der Waals surface area contributed by atoms with E-state index in [9.17, 15) is 9.59 Å². The van der Waals surface area contributed by atoms with Crippen LogP contribution in [0.3, 0.4) is 0 Å². The van der Waals surface area contributed by atoms with Crippen molar-refractivity contribution >= 4 is 35.8 Å². The van der Waals surface area contributed by atoms with Crippen molar-refractivity contribution in [2.75, 3.05) is 19.6 Å². The average molecular weight is 386 g/mol. The molecule has 1 saturated heterocycles. The average Bonchev–Trinajstić information content (AvgIpc) is 2.58. The van der Waals surface area contributed by atoms with Crippen molar-refractivity contribution < 1.29 is 9.59 Å². The molecule has 2 amide bonds. The molecule has 0 bridgehead atoms. The van der Waals surface area contributed by atoms with Crippen molar-refractivity contribution in [3.63, 3.8) is 0 Å². The molecular formula is C18H25Cl2N3O2. The highest BCUT2D eigenvalue weighted by Gasteiger charge is 2.40. The Hall–Kier alpha value is -1.30. The van der Waals surface area contributed by atoms with E-state index in [1.54, 1.807) is 9.80 Å². The van der Waals surface area contributed by atoms with Crippen LogP contribution < -0.4 is 5.73 Å². The zero-order valence-corrected chi connectivity index (χ0v) is 15.8. The molecule has 1 aromatic carbocycles. The Labute approximate surface area is 159 Å². The number of nitrogens with two attached hydrogens (primary N) is 1. The van der Waals surface area contributed by atoms with Crippen molar-refractivity contribution in [1.29, 1.82) is 0 Å². The van der Waals surface area contributed by atoms with Gasteiger partial charge < -0.3 is 15.5 Å². The number of rotatable bonds is 3. The minimum absolute atomic E-state index is 0. The van der Waals surface area contributed by atoms with Gasteiger partial charge in [0.2, 0.25) is 11.8 Å². The number of hydrogen-bond donors (Lipinski definition) is 1. The van der Waals surface area contributed by atoms with Crippen LogP contribution in [0.25, 0.3) is 0 Å². The standard InChI is InChI=1S/C18H24ClN3O2.ClH/c19-15-6-4-14(5-7-15)12-21-10-11-22(13-16(21)23)17(24)18(20)8-2-1-3-9-18;/h4-7H,1-3,8-13,20H2;1H. The topological polar surface area (TPSA) is 66.6 Å². The summed E-state index contributed by atoms with van der Waals surface area (Å²) in [6, 6.07) is 7.49. The highest BCUT2D eigenvalue weighted by atomic mass is 35.5. The summed E-state index contributed by atoms with van der Waals surface area (Å²) in [4.78, 5) is 28.6. The molecule has 0 unspecified atom stereocenters. The van der Waals surface area contributed by atoms with E-state index in [1.165, 1.54) is 0 Å². The number of carbonyl (C=O) groups is 2. The molecule has 1 heterocycles. The molecule has 2 fully saturated rings. The Balaban J connectivity index is 0.00000225. The Morgan fingerprint density at radius 2 is 1.76 bits per heavy atom. The molecule has 5 nitrogen and oxygen atoms in total. The summed E-state index contributed by atoms with van der Waals surface area (Å²) in [6.07, 6.45) is 4.58. The van der Waals surface area contributed by atoms with Crippen molar-refractivity contribution in [2.45, 2.75) is 44.2 Å². The Bertz CT molecular complexity index is 615. The van der Waals surface area contributed by atoms with Crippen LogP contribution in [0.5, 0.6) is 0 Å². The lowest BCUT2D eigenvalue weighted by Gasteiger charge is -2.40. The van der Waals surface area contributed by atoms with Gasteiger partial charge in [0, 0.05) is 24.7 Å². The molecule has 2 N–H and O–H groups in total. The number of nitrogens with zero attached hydrogens (tertiary/aromatic N) is 2. The molecule has 138 valence electrons. The van der Waals surface area contributed by atoms with Crippen LogP contribution in [-0.2, 0) is 16.1 Å². The molecule has 3 rings (SSSR count). The first kappa shape index (κ1) is 20.0. The molecule has 1 aliphatic heterocycles. The van der Waals surface area contributed by atoms with Gasteiger partial charge in [0.25, 0.3) is 0 Å². The third-order valence-corrected chi connectivity index (χ3v) is 5.32. The fraction of sp³-hybridized carbons (Fsp3) is 0.556. The largest absolute Gasteiger partial charge is 0.335 e. The predicted octanol–water partition coefficient (Wildman–Crippen LogP) is 2.59. The second-order valence-electron chi connectivity index (χ2n) is 6.89. The van der Waals surface area contributed by atoms with E-state index in [-0.39, 0.29) is 30.8 Å². The van der Waals surface area contributed by atoms with Crippen molar-refractivity contribution in [2.24, 2.45) is 5.73 Å². The van der Waals surface area contributed by atoms with Gasteiger partial charge in [-0.15, -0.1) is 12.4 Å². The van der Waals surface area contributed by atoms with Crippen molar-refractivity contribution in [1.82, 2.24) is 9.80 Å². The first-order valence-corrected chi connectivity index (χ1v) is 8.96. The Morgan fingerprint density at radius 3 is 2.36 bits per heavy atom. The maximum Gasteiger partial charge on any atom is 0.243 e. The minimum atomic E-state index is -0.767. The maximum absolute atomic E-state index is 12.7. The van der Waals surface area contributed by atoms with Gasteiger partial charge in [-0.25, -0.2) is 0 Å². The first-order chi connectivity index (χ1) is 11.5. The predicted molar refractivity (Wildman–Crippen MR) is 101 cm³/mol. The van der Waals surface area contributed by atoms with E-state index in [1.807, 2.05) is 24.3 Å². The number of carbonyl (C=O) groups excluding carboxylic acids is 2. The van der Waals surface area contributed by atoms with E-state index in [4.69, 9.17) is 17.3 Å². The minimum Gasteiger partial charge on any atom is -0.335 e. The van der Waals surface area contributed by atoms with E-state index in [2.05, 4.69) is 0 Å². The molecule has 0 atom stereocenters. The van der Waals surface area contributed by atoms with E-state index >= 15 is 0 Å². The lowest BCUT2D eigenvalue weighted by Crippen LogP contribution is -2.61. The van der Waals surface area contributed by atoms with Crippen molar-refractivity contribution in [3.05, 3.63) is 34.9 Å². The molecule has 0 spiro atoms.